The first-order chi connectivity index (χ1) is 9.74. The van der Waals surface area contributed by atoms with Crippen molar-refractivity contribution in [1.82, 2.24) is 15.1 Å². The molecule has 0 radical (unpaired) electrons. The molecule has 3 fully saturated rings. The number of ether oxygens (including phenoxy) is 1. The molecule has 2 atom stereocenters. The third-order valence-electron chi connectivity index (χ3n) is 5.11. The summed E-state index contributed by atoms with van der Waals surface area (Å²) in [7, 11) is 2.17. The van der Waals surface area contributed by atoms with Gasteiger partial charge in [-0.15, -0.1) is 0 Å². The fourth-order valence-electron chi connectivity index (χ4n) is 3.68. The summed E-state index contributed by atoms with van der Waals surface area (Å²) in [5.41, 5.74) is 0. The van der Waals surface area contributed by atoms with E-state index in [1.54, 1.807) is 0 Å². The van der Waals surface area contributed by atoms with Crippen LogP contribution >= 0.6 is 0 Å². The Labute approximate surface area is 121 Å². The summed E-state index contributed by atoms with van der Waals surface area (Å²) in [6.07, 6.45) is 4.56. The highest BCUT2D eigenvalue weighted by atomic mass is 16.5. The van der Waals surface area contributed by atoms with E-state index in [1.807, 2.05) is 0 Å². The summed E-state index contributed by atoms with van der Waals surface area (Å²) in [4.78, 5) is 17.1. The van der Waals surface area contributed by atoms with Crippen molar-refractivity contribution in [2.24, 2.45) is 5.92 Å². The first kappa shape index (κ1) is 14.3. The van der Waals surface area contributed by atoms with Crippen molar-refractivity contribution < 1.29 is 9.53 Å². The van der Waals surface area contributed by atoms with Crippen molar-refractivity contribution in [2.45, 2.75) is 37.8 Å². The average Bonchev–Trinajstić information content (AvgIpc) is 3.10. The fraction of sp³-hybridized carbons (Fsp3) is 0.933. The monoisotopic (exact) mass is 281 g/mol. The molecule has 3 rings (SSSR count). The van der Waals surface area contributed by atoms with Crippen LogP contribution in [-0.4, -0.2) is 74.2 Å². The van der Waals surface area contributed by atoms with E-state index in [4.69, 9.17) is 4.74 Å². The summed E-state index contributed by atoms with van der Waals surface area (Å²) in [6.45, 7) is 5.83. The molecule has 20 heavy (non-hydrogen) atoms. The van der Waals surface area contributed by atoms with E-state index < -0.39 is 0 Å². The van der Waals surface area contributed by atoms with Crippen LogP contribution in [0.4, 0.5) is 0 Å². The summed E-state index contributed by atoms with van der Waals surface area (Å²) < 4.78 is 5.64. The molecule has 2 heterocycles. The van der Waals surface area contributed by atoms with Gasteiger partial charge in [0.15, 0.2) is 0 Å². The van der Waals surface area contributed by atoms with Crippen molar-refractivity contribution >= 4 is 5.91 Å². The number of hydrogen-bond acceptors (Lipinski definition) is 4. The first-order valence-electron chi connectivity index (χ1n) is 8.05. The molecule has 0 aromatic heterocycles. The van der Waals surface area contributed by atoms with Crippen LogP contribution in [0.15, 0.2) is 0 Å². The van der Waals surface area contributed by atoms with Crippen molar-refractivity contribution in [3.63, 3.8) is 0 Å². The molecule has 0 unspecified atom stereocenters. The Morgan fingerprint density at radius 1 is 1.10 bits per heavy atom. The van der Waals surface area contributed by atoms with Gasteiger partial charge < -0.3 is 15.0 Å². The second-order valence-electron chi connectivity index (χ2n) is 6.54. The lowest BCUT2D eigenvalue weighted by Gasteiger charge is -2.38. The Morgan fingerprint density at radius 2 is 1.80 bits per heavy atom. The summed E-state index contributed by atoms with van der Waals surface area (Å²) >= 11 is 0. The van der Waals surface area contributed by atoms with Gasteiger partial charge in [0.05, 0.1) is 25.3 Å². The maximum absolute atomic E-state index is 12.3. The van der Waals surface area contributed by atoms with Gasteiger partial charge in [0.2, 0.25) is 5.91 Å². The van der Waals surface area contributed by atoms with Gasteiger partial charge in [-0.05, 0) is 19.9 Å². The minimum Gasteiger partial charge on any atom is -0.378 e. The second-order valence-corrected chi connectivity index (χ2v) is 6.54. The van der Waals surface area contributed by atoms with Crippen molar-refractivity contribution in [3.8, 4) is 0 Å². The molecule has 3 aliphatic rings. The highest BCUT2D eigenvalue weighted by Gasteiger charge is 2.36. The van der Waals surface area contributed by atoms with Gasteiger partial charge in [-0.2, -0.15) is 0 Å². The van der Waals surface area contributed by atoms with Crippen LogP contribution in [0.5, 0.6) is 0 Å². The fourth-order valence-corrected chi connectivity index (χ4v) is 3.68. The molecule has 5 heteroatoms. The highest BCUT2D eigenvalue weighted by Crippen LogP contribution is 2.25. The molecule has 1 aliphatic carbocycles. The molecule has 0 spiro atoms. The SMILES string of the molecule is CN1CCN([C@H]2COC[C@@H]2NC(=O)C2CCCC2)CC1. The zero-order valence-electron chi connectivity index (χ0n) is 12.5. The van der Waals surface area contributed by atoms with Gasteiger partial charge >= 0.3 is 0 Å². The van der Waals surface area contributed by atoms with Gasteiger partial charge in [0.1, 0.15) is 0 Å². The zero-order chi connectivity index (χ0) is 13.9. The molecule has 5 nitrogen and oxygen atoms in total. The molecule has 2 saturated heterocycles. The Bertz CT molecular complexity index is 336. The normalized spacial score (nSPS) is 33.6. The van der Waals surface area contributed by atoms with Crippen molar-refractivity contribution in [3.05, 3.63) is 0 Å². The Balaban J connectivity index is 1.53. The molecule has 0 bridgehead atoms. The van der Waals surface area contributed by atoms with Crippen LogP contribution in [0.1, 0.15) is 25.7 Å². The Morgan fingerprint density at radius 3 is 2.50 bits per heavy atom. The lowest BCUT2D eigenvalue weighted by Crippen LogP contribution is -2.56. The third kappa shape index (κ3) is 3.15. The number of rotatable bonds is 3. The number of amides is 1. The van der Waals surface area contributed by atoms with Crippen LogP contribution in [0.2, 0.25) is 0 Å². The van der Waals surface area contributed by atoms with Gasteiger partial charge in [-0.3, -0.25) is 9.69 Å². The van der Waals surface area contributed by atoms with E-state index in [1.165, 1.54) is 12.8 Å². The van der Waals surface area contributed by atoms with Crippen molar-refractivity contribution in [2.75, 3.05) is 46.4 Å². The number of nitrogens with one attached hydrogen (secondary N) is 1. The maximum atomic E-state index is 12.3. The van der Waals surface area contributed by atoms with E-state index in [9.17, 15) is 4.79 Å². The smallest absolute Gasteiger partial charge is 0.223 e. The molecular formula is C15H27N3O2. The molecule has 1 saturated carbocycles. The van der Waals surface area contributed by atoms with E-state index >= 15 is 0 Å². The third-order valence-corrected chi connectivity index (χ3v) is 5.11. The van der Waals surface area contributed by atoms with Crippen molar-refractivity contribution in [1.29, 1.82) is 0 Å². The van der Waals surface area contributed by atoms with Crippen LogP contribution in [-0.2, 0) is 9.53 Å². The lowest BCUT2D eigenvalue weighted by molar-refractivity contribution is -0.125. The van der Waals surface area contributed by atoms with E-state index in [0.29, 0.717) is 12.6 Å². The van der Waals surface area contributed by atoms with E-state index in [2.05, 4.69) is 22.2 Å². The number of piperazine rings is 1. The quantitative estimate of drug-likeness (QED) is 0.808. The van der Waals surface area contributed by atoms with Crippen LogP contribution in [0.25, 0.3) is 0 Å². The first-order valence-corrected chi connectivity index (χ1v) is 8.05. The predicted molar refractivity (Wildman–Crippen MR) is 77.6 cm³/mol. The molecule has 1 amide bonds. The standard InChI is InChI=1S/C15H27N3O2/c1-17-6-8-18(9-7-17)14-11-20-10-13(14)16-15(19)12-4-2-3-5-12/h12-14H,2-11H2,1H3,(H,16,19)/t13-,14-/m0/s1. The number of likely N-dealkylation sites (N-methyl/N-ethyl adjacent to an activating group) is 1. The minimum atomic E-state index is 0.187. The van der Waals surface area contributed by atoms with E-state index in [0.717, 1.165) is 45.6 Å². The number of hydrogen-bond donors (Lipinski definition) is 1. The number of nitrogens with zero attached hydrogens (tertiary/aromatic N) is 2. The van der Waals surface area contributed by atoms with Gasteiger partial charge in [0.25, 0.3) is 0 Å². The number of carbonyl (C=O) groups excluding carboxylic acids is 1. The molecule has 0 aromatic rings. The van der Waals surface area contributed by atoms with Gasteiger partial charge in [0, 0.05) is 32.1 Å². The Kier molecular flexibility index (Phi) is 4.58. The Hall–Kier alpha value is -0.650. The summed E-state index contributed by atoms with van der Waals surface area (Å²) in [5.74, 6) is 0.515. The predicted octanol–water partition coefficient (Wildman–Crippen LogP) is 0.308. The second kappa shape index (κ2) is 6.41. The number of carbonyl (C=O) groups is 1. The van der Waals surface area contributed by atoms with Gasteiger partial charge in [-0.1, -0.05) is 12.8 Å². The molecule has 1 N–H and O–H groups in total. The van der Waals surface area contributed by atoms with Crippen LogP contribution in [0.3, 0.4) is 0 Å². The molecule has 2 aliphatic heterocycles. The largest absolute Gasteiger partial charge is 0.378 e. The zero-order valence-corrected chi connectivity index (χ0v) is 12.5. The highest BCUT2D eigenvalue weighted by molar-refractivity contribution is 5.79. The molecule has 0 aromatic carbocycles. The minimum absolute atomic E-state index is 0.187. The topological polar surface area (TPSA) is 44.8 Å². The van der Waals surface area contributed by atoms with Crippen LogP contribution in [0, 0.1) is 5.92 Å². The summed E-state index contributed by atoms with van der Waals surface area (Å²) in [5, 5.41) is 3.26. The molecule has 114 valence electrons. The lowest BCUT2D eigenvalue weighted by atomic mass is 10.0. The maximum Gasteiger partial charge on any atom is 0.223 e. The summed E-state index contributed by atoms with van der Waals surface area (Å²) in [6, 6.07) is 0.556. The van der Waals surface area contributed by atoms with Gasteiger partial charge in [-0.25, -0.2) is 0 Å². The molecular weight excluding hydrogens is 254 g/mol. The van der Waals surface area contributed by atoms with Crippen LogP contribution < -0.4 is 5.32 Å². The average molecular weight is 281 g/mol. The van der Waals surface area contributed by atoms with E-state index in [-0.39, 0.29) is 17.9 Å².